The first-order valence-corrected chi connectivity index (χ1v) is 9.09. The first-order chi connectivity index (χ1) is 11.5. The summed E-state index contributed by atoms with van der Waals surface area (Å²) in [5.74, 6) is 0.257. The largest absolute Gasteiger partial charge is 0.343 e. The lowest BCUT2D eigenvalue weighted by atomic mass is 10.2. The van der Waals surface area contributed by atoms with E-state index >= 15 is 0 Å². The Hall–Kier alpha value is -1.79. The number of aromatic nitrogens is 2. The lowest BCUT2D eigenvalue weighted by molar-refractivity contribution is -0.127. The van der Waals surface area contributed by atoms with Crippen molar-refractivity contribution >= 4 is 40.2 Å². The van der Waals surface area contributed by atoms with Crippen molar-refractivity contribution in [3.63, 3.8) is 0 Å². The van der Waals surface area contributed by atoms with E-state index in [4.69, 9.17) is 11.6 Å². The van der Waals surface area contributed by atoms with Gasteiger partial charge in [0.2, 0.25) is 5.91 Å². The van der Waals surface area contributed by atoms with Crippen LogP contribution in [-0.4, -0.2) is 39.2 Å². The summed E-state index contributed by atoms with van der Waals surface area (Å²) in [4.78, 5) is 31.1. The minimum absolute atomic E-state index is 0.0237. The van der Waals surface area contributed by atoms with Crippen LogP contribution in [0.1, 0.15) is 13.8 Å². The molecule has 0 unspecified atom stereocenters. The predicted octanol–water partition coefficient (Wildman–Crippen LogP) is 3.20. The normalized spacial score (nSPS) is 10.8. The van der Waals surface area contributed by atoms with Gasteiger partial charge in [-0.3, -0.25) is 14.2 Å². The second-order valence-corrected chi connectivity index (χ2v) is 6.49. The van der Waals surface area contributed by atoms with Crippen molar-refractivity contribution in [2.75, 3.05) is 18.8 Å². The van der Waals surface area contributed by atoms with E-state index in [9.17, 15) is 9.59 Å². The molecule has 0 atom stereocenters. The molecule has 0 saturated carbocycles. The summed E-state index contributed by atoms with van der Waals surface area (Å²) < 4.78 is 1.53. The average molecular weight is 366 g/mol. The van der Waals surface area contributed by atoms with Crippen molar-refractivity contribution < 1.29 is 4.79 Å². The Morgan fingerprint density at radius 2 is 2.12 bits per heavy atom. The Morgan fingerprint density at radius 1 is 1.42 bits per heavy atom. The topological polar surface area (TPSA) is 55.2 Å². The van der Waals surface area contributed by atoms with Crippen molar-refractivity contribution in [1.82, 2.24) is 14.5 Å². The molecule has 0 aliphatic rings. The van der Waals surface area contributed by atoms with E-state index in [2.05, 4.69) is 11.6 Å². The second kappa shape index (κ2) is 8.35. The molecule has 0 saturated heterocycles. The van der Waals surface area contributed by atoms with Crippen LogP contribution in [0.4, 0.5) is 0 Å². The van der Waals surface area contributed by atoms with Gasteiger partial charge in [0, 0.05) is 24.7 Å². The molecule has 2 aromatic rings. The highest BCUT2D eigenvalue weighted by Gasteiger charge is 2.15. The van der Waals surface area contributed by atoms with Gasteiger partial charge in [0.1, 0.15) is 0 Å². The van der Waals surface area contributed by atoms with Gasteiger partial charge in [-0.15, -0.1) is 6.58 Å². The number of fused-ring (bicyclic) bond motifs is 1. The van der Waals surface area contributed by atoms with Crippen LogP contribution in [0, 0.1) is 0 Å². The number of carbonyl (C=O) groups is 1. The van der Waals surface area contributed by atoms with Gasteiger partial charge in [-0.05, 0) is 32.0 Å². The SMILES string of the molecule is C=CCn1c(SCC(=O)N(CC)CC)nc2cc(Cl)ccc2c1=O. The molecule has 1 heterocycles. The number of amides is 1. The average Bonchev–Trinajstić information content (AvgIpc) is 2.56. The van der Waals surface area contributed by atoms with E-state index in [1.165, 1.54) is 16.3 Å². The van der Waals surface area contributed by atoms with Crippen LogP contribution in [0.3, 0.4) is 0 Å². The van der Waals surface area contributed by atoms with Gasteiger partial charge in [-0.1, -0.05) is 29.4 Å². The first-order valence-electron chi connectivity index (χ1n) is 7.73. The zero-order valence-electron chi connectivity index (χ0n) is 13.8. The Bertz CT molecular complexity index is 815. The highest BCUT2D eigenvalue weighted by atomic mass is 35.5. The molecular weight excluding hydrogens is 346 g/mol. The predicted molar refractivity (Wildman–Crippen MR) is 99.9 cm³/mol. The van der Waals surface area contributed by atoms with Gasteiger partial charge in [-0.25, -0.2) is 4.98 Å². The van der Waals surface area contributed by atoms with Crippen LogP contribution < -0.4 is 5.56 Å². The molecule has 0 bridgehead atoms. The third kappa shape index (κ3) is 3.99. The number of halogens is 1. The third-order valence-corrected chi connectivity index (χ3v) is 4.83. The van der Waals surface area contributed by atoms with Crippen molar-refractivity contribution in [2.45, 2.75) is 25.5 Å². The fourth-order valence-electron chi connectivity index (χ4n) is 2.37. The maximum absolute atomic E-state index is 12.7. The number of carbonyl (C=O) groups excluding carboxylic acids is 1. The lowest BCUT2D eigenvalue weighted by Gasteiger charge is -2.18. The summed E-state index contributed by atoms with van der Waals surface area (Å²) in [7, 11) is 0. The molecule has 0 N–H and O–H groups in total. The molecule has 0 radical (unpaired) electrons. The van der Waals surface area contributed by atoms with Crippen LogP contribution in [0.15, 0.2) is 40.8 Å². The Balaban J connectivity index is 2.40. The molecular formula is C17H20ClN3O2S. The number of benzene rings is 1. The van der Waals surface area contributed by atoms with Crippen molar-refractivity contribution in [3.8, 4) is 0 Å². The Morgan fingerprint density at radius 3 is 2.75 bits per heavy atom. The maximum atomic E-state index is 12.7. The number of rotatable bonds is 7. The molecule has 24 heavy (non-hydrogen) atoms. The number of hydrogen-bond acceptors (Lipinski definition) is 4. The molecule has 1 aromatic heterocycles. The summed E-state index contributed by atoms with van der Waals surface area (Å²) in [6.07, 6.45) is 1.64. The molecule has 2 rings (SSSR count). The zero-order chi connectivity index (χ0) is 17.7. The Labute approximate surface area is 150 Å². The van der Waals surface area contributed by atoms with Crippen molar-refractivity contribution in [1.29, 1.82) is 0 Å². The molecule has 5 nitrogen and oxygen atoms in total. The van der Waals surface area contributed by atoms with Gasteiger partial charge < -0.3 is 4.90 Å². The fourth-order valence-corrected chi connectivity index (χ4v) is 3.45. The van der Waals surface area contributed by atoms with Gasteiger partial charge in [0.25, 0.3) is 5.56 Å². The van der Waals surface area contributed by atoms with Gasteiger partial charge in [-0.2, -0.15) is 0 Å². The van der Waals surface area contributed by atoms with Crippen LogP contribution in [0.5, 0.6) is 0 Å². The molecule has 0 fully saturated rings. The molecule has 128 valence electrons. The number of nitrogens with zero attached hydrogens (tertiary/aromatic N) is 3. The maximum Gasteiger partial charge on any atom is 0.262 e. The first kappa shape index (κ1) is 18.5. The van der Waals surface area contributed by atoms with Gasteiger partial charge in [0.05, 0.1) is 16.7 Å². The van der Waals surface area contributed by atoms with E-state index < -0.39 is 0 Å². The minimum atomic E-state index is -0.158. The van der Waals surface area contributed by atoms with Crippen LogP contribution in [-0.2, 0) is 11.3 Å². The molecule has 1 amide bonds. The molecule has 0 aliphatic heterocycles. The molecule has 0 spiro atoms. The summed E-state index contributed by atoms with van der Waals surface area (Å²) in [6, 6.07) is 5.00. The van der Waals surface area contributed by atoms with Gasteiger partial charge in [0.15, 0.2) is 5.16 Å². The van der Waals surface area contributed by atoms with Crippen LogP contribution >= 0.6 is 23.4 Å². The van der Waals surface area contributed by atoms with E-state index in [-0.39, 0.29) is 17.2 Å². The summed E-state index contributed by atoms with van der Waals surface area (Å²) in [5.41, 5.74) is 0.375. The number of allylic oxidation sites excluding steroid dienone is 1. The summed E-state index contributed by atoms with van der Waals surface area (Å²) in [5, 5.41) is 1.52. The van der Waals surface area contributed by atoms with E-state index in [0.29, 0.717) is 40.7 Å². The number of hydrogen-bond donors (Lipinski definition) is 0. The van der Waals surface area contributed by atoms with Gasteiger partial charge >= 0.3 is 0 Å². The quantitative estimate of drug-likeness (QED) is 0.429. The van der Waals surface area contributed by atoms with E-state index in [1.54, 1.807) is 29.2 Å². The highest BCUT2D eigenvalue weighted by molar-refractivity contribution is 7.99. The lowest BCUT2D eigenvalue weighted by Crippen LogP contribution is -2.32. The molecule has 7 heteroatoms. The summed E-state index contributed by atoms with van der Waals surface area (Å²) >= 11 is 7.26. The fraction of sp³-hybridized carbons (Fsp3) is 0.353. The van der Waals surface area contributed by atoms with Crippen LogP contribution in [0.25, 0.3) is 10.9 Å². The number of thioether (sulfide) groups is 1. The third-order valence-electron chi connectivity index (χ3n) is 3.63. The van der Waals surface area contributed by atoms with Crippen molar-refractivity contribution in [2.24, 2.45) is 0 Å². The van der Waals surface area contributed by atoms with Crippen molar-refractivity contribution in [3.05, 3.63) is 46.2 Å². The monoisotopic (exact) mass is 365 g/mol. The summed E-state index contributed by atoms with van der Waals surface area (Å²) in [6.45, 7) is 9.24. The van der Waals surface area contributed by atoms with E-state index in [0.717, 1.165) is 0 Å². The van der Waals surface area contributed by atoms with E-state index in [1.807, 2.05) is 13.8 Å². The minimum Gasteiger partial charge on any atom is -0.343 e. The Kier molecular flexibility index (Phi) is 6.45. The molecule has 0 aliphatic carbocycles. The highest BCUT2D eigenvalue weighted by Crippen LogP contribution is 2.21. The standard InChI is InChI=1S/C17H20ClN3O2S/c1-4-9-21-16(23)13-8-7-12(18)10-14(13)19-17(21)24-11-15(22)20(5-2)6-3/h4,7-8,10H,1,5-6,9,11H2,2-3H3. The zero-order valence-corrected chi connectivity index (χ0v) is 15.4. The molecule has 1 aromatic carbocycles. The smallest absolute Gasteiger partial charge is 0.262 e. The second-order valence-electron chi connectivity index (χ2n) is 5.11. The van der Waals surface area contributed by atoms with Crippen LogP contribution in [0.2, 0.25) is 5.02 Å².